The Kier molecular flexibility index (Phi) is 7.56. The first-order valence-corrected chi connectivity index (χ1v) is 12.3. The summed E-state index contributed by atoms with van der Waals surface area (Å²) in [7, 11) is 3.74. The molecule has 0 saturated carbocycles. The number of hydrogen-bond acceptors (Lipinski definition) is 6. The maximum absolute atomic E-state index is 11.1. The third kappa shape index (κ3) is 5.22. The molecule has 4 nitrogen and oxygen atoms in total. The molecule has 0 aliphatic carbocycles. The first-order chi connectivity index (χ1) is 13.0. The van der Waals surface area contributed by atoms with Crippen LogP contribution in [0, 0.1) is 0 Å². The predicted octanol–water partition coefficient (Wildman–Crippen LogP) is 4.80. The Morgan fingerprint density at radius 1 is 1.19 bits per heavy atom. The largest absolute Gasteiger partial charge is 0.389 e. The minimum absolute atomic E-state index is 0.160. The highest BCUT2D eigenvalue weighted by molar-refractivity contribution is 8.77. The lowest BCUT2D eigenvalue weighted by molar-refractivity contribution is -0.203. The minimum atomic E-state index is -0.699. The molecule has 2 aliphatic heterocycles. The van der Waals surface area contributed by atoms with Crippen molar-refractivity contribution in [3.8, 4) is 0 Å². The summed E-state index contributed by atoms with van der Waals surface area (Å²) >= 11 is 0. The highest BCUT2D eigenvalue weighted by Crippen LogP contribution is 2.54. The molecule has 2 saturated heterocycles. The van der Waals surface area contributed by atoms with E-state index >= 15 is 0 Å². The minimum Gasteiger partial charge on any atom is -0.389 e. The van der Waals surface area contributed by atoms with Gasteiger partial charge in [0.25, 0.3) is 0 Å². The number of hydrogen-bond donors (Lipinski definition) is 1. The molecule has 0 amide bonds. The standard InChI is InChI=1S/C21H32O4S2/c1-3-19(2,22)20(10-7-15-26-27-20)11-12-21(24-13-14-25-21)17-23-16-18-8-5-4-6-9-18/h4-6,8-9,22H,3,7,10-17H2,1-2H3. The molecule has 0 spiro atoms. The molecule has 27 heavy (non-hydrogen) atoms. The fraction of sp³-hybridized carbons (Fsp3) is 0.714. The van der Waals surface area contributed by atoms with Crippen LogP contribution in [0.5, 0.6) is 0 Å². The van der Waals surface area contributed by atoms with E-state index in [1.165, 1.54) is 0 Å². The summed E-state index contributed by atoms with van der Waals surface area (Å²) in [5.41, 5.74) is 0.450. The lowest BCUT2D eigenvalue weighted by Gasteiger charge is -2.47. The molecule has 1 aromatic carbocycles. The van der Waals surface area contributed by atoms with Crippen LogP contribution in [-0.2, 0) is 20.8 Å². The van der Waals surface area contributed by atoms with Crippen molar-refractivity contribution in [1.82, 2.24) is 0 Å². The van der Waals surface area contributed by atoms with Crippen LogP contribution >= 0.6 is 21.6 Å². The Hall–Kier alpha value is -0.240. The number of rotatable bonds is 9. The molecule has 0 aromatic heterocycles. The van der Waals surface area contributed by atoms with Gasteiger partial charge in [0.2, 0.25) is 0 Å². The molecular weight excluding hydrogens is 380 g/mol. The maximum Gasteiger partial charge on any atom is 0.192 e. The SMILES string of the molecule is CCC(C)(O)C1(CCC2(COCc3ccccc3)OCCO2)CCCSS1. The Balaban J connectivity index is 1.62. The van der Waals surface area contributed by atoms with Crippen LogP contribution in [0.25, 0.3) is 0 Å². The van der Waals surface area contributed by atoms with Gasteiger partial charge in [0, 0.05) is 12.2 Å². The monoisotopic (exact) mass is 412 g/mol. The van der Waals surface area contributed by atoms with E-state index in [4.69, 9.17) is 14.2 Å². The van der Waals surface area contributed by atoms with Crippen LogP contribution in [0.15, 0.2) is 30.3 Å². The van der Waals surface area contributed by atoms with Crippen molar-refractivity contribution in [2.24, 2.45) is 0 Å². The number of benzene rings is 1. The van der Waals surface area contributed by atoms with E-state index < -0.39 is 11.4 Å². The van der Waals surface area contributed by atoms with Gasteiger partial charge in [-0.25, -0.2) is 0 Å². The second kappa shape index (κ2) is 9.51. The van der Waals surface area contributed by atoms with Crippen LogP contribution in [0.4, 0.5) is 0 Å². The molecule has 2 aliphatic rings. The van der Waals surface area contributed by atoms with Crippen LogP contribution in [0.2, 0.25) is 0 Å². The van der Waals surface area contributed by atoms with Crippen molar-refractivity contribution >= 4 is 21.6 Å². The first kappa shape index (κ1) is 21.5. The van der Waals surface area contributed by atoms with Crippen molar-refractivity contribution in [3.05, 3.63) is 35.9 Å². The third-order valence-electron chi connectivity index (χ3n) is 5.85. The van der Waals surface area contributed by atoms with E-state index in [0.717, 1.165) is 43.4 Å². The van der Waals surface area contributed by atoms with Crippen molar-refractivity contribution in [2.45, 2.75) is 68.7 Å². The molecule has 6 heteroatoms. The summed E-state index contributed by atoms with van der Waals surface area (Å²) in [4.78, 5) is 0. The molecule has 0 bridgehead atoms. The molecule has 2 atom stereocenters. The Morgan fingerprint density at radius 3 is 2.56 bits per heavy atom. The zero-order chi connectivity index (χ0) is 19.2. The quantitative estimate of drug-likeness (QED) is 0.588. The molecule has 3 rings (SSSR count). The van der Waals surface area contributed by atoms with E-state index in [1.807, 2.05) is 46.7 Å². The van der Waals surface area contributed by atoms with Crippen LogP contribution < -0.4 is 0 Å². The molecule has 152 valence electrons. The highest BCUT2D eigenvalue weighted by Gasteiger charge is 2.50. The Morgan fingerprint density at radius 2 is 1.93 bits per heavy atom. The topological polar surface area (TPSA) is 47.9 Å². The van der Waals surface area contributed by atoms with Gasteiger partial charge in [-0.3, -0.25) is 0 Å². The van der Waals surface area contributed by atoms with Gasteiger partial charge in [-0.2, -0.15) is 0 Å². The van der Waals surface area contributed by atoms with Gasteiger partial charge in [0.15, 0.2) is 5.79 Å². The zero-order valence-corrected chi connectivity index (χ0v) is 18.1. The lowest BCUT2D eigenvalue weighted by Crippen LogP contribution is -2.51. The fourth-order valence-electron chi connectivity index (χ4n) is 3.82. The normalized spacial score (nSPS) is 27.4. The summed E-state index contributed by atoms with van der Waals surface area (Å²) in [6.07, 6.45) is 4.53. The van der Waals surface area contributed by atoms with Crippen LogP contribution in [-0.4, -0.2) is 46.8 Å². The summed E-state index contributed by atoms with van der Waals surface area (Å²) in [5, 5.41) is 11.1. The summed E-state index contributed by atoms with van der Waals surface area (Å²) in [6, 6.07) is 10.2. The van der Waals surface area contributed by atoms with Gasteiger partial charge < -0.3 is 19.3 Å². The summed E-state index contributed by atoms with van der Waals surface area (Å²) in [6.45, 7) is 6.24. The lowest BCUT2D eigenvalue weighted by atomic mass is 9.78. The molecule has 2 fully saturated rings. The van der Waals surface area contributed by atoms with Crippen LogP contribution in [0.1, 0.15) is 51.5 Å². The Bertz CT molecular complexity index is 567. The average molecular weight is 413 g/mol. The van der Waals surface area contributed by atoms with Crippen molar-refractivity contribution in [2.75, 3.05) is 25.6 Å². The second-order valence-electron chi connectivity index (χ2n) is 7.72. The van der Waals surface area contributed by atoms with Gasteiger partial charge in [0.05, 0.1) is 30.2 Å². The zero-order valence-electron chi connectivity index (χ0n) is 16.4. The predicted molar refractivity (Wildman–Crippen MR) is 113 cm³/mol. The summed E-state index contributed by atoms with van der Waals surface area (Å²) in [5.74, 6) is 0.471. The van der Waals surface area contributed by atoms with Gasteiger partial charge in [-0.15, -0.1) is 0 Å². The van der Waals surface area contributed by atoms with Gasteiger partial charge >= 0.3 is 0 Å². The molecule has 2 unspecified atom stereocenters. The average Bonchev–Trinajstić information content (AvgIpc) is 3.17. The smallest absolute Gasteiger partial charge is 0.192 e. The van der Waals surface area contributed by atoms with E-state index in [2.05, 4.69) is 19.1 Å². The van der Waals surface area contributed by atoms with Gasteiger partial charge in [-0.1, -0.05) is 58.8 Å². The third-order valence-corrected chi connectivity index (χ3v) is 9.40. The maximum atomic E-state index is 11.1. The van der Waals surface area contributed by atoms with Crippen LogP contribution in [0.3, 0.4) is 0 Å². The van der Waals surface area contributed by atoms with E-state index in [9.17, 15) is 5.11 Å². The summed E-state index contributed by atoms with van der Waals surface area (Å²) < 4.78 is 17.8. The molecular formula is C21H32O4S2. The molecule has 0 radical (unpaired) electrons. The molecule has 1 N–H and O–H groups in total. The van der Waals surface area contributed by atoms with E-state index in [1.54, 1.807) is 0 Å². The fourth-order valence-corrected chi connectivity index (χ4v) is 7.44. The second-order valence-corrected chi connectivity index (χ2v) is 10.5. The van der Waals surface area contributed by atoms with E-state index in [-0.39, 0.29) is 4.75 Å². The van der Waals surface area contributed by atoms with Gasteiger partial charge in [0.1, 0.15) is 6.61 Å². The van der Waals surface area contributed by atoms with Crippen molar-refractivity contribution in [1.29, 1.82) is 0 Å². The molecule has 1 aromatic rings. The molecule has 2 heterocycles. The van der Waals surface area contributed by atoms with Crippen molar-refractivity contribution < 1.29 is 19.3 Å². The highest BCUT2D eigenvalue weighted by atomic mass is 33.1. The number of ether oxygens (including phenoxy) is 3. The van der Waals surface area contributed by atoms with Crippen molar-refractivity contribution in [3.63, 3.8) is 0 Å². The first-order valence-electron chi connectivity index (χ1n) is 9.94. The van der Waals surface area contributed by atoms with E-state index in [0.29, 0.717) is 26.4 Å². The number of aliphatic hydroxyl groups is 1. The Labute approximate surface area is 171 Å². The van der Waals surface area contributed by atoms with Gasteiger partial charge in [-0.05, 0) is 38.2 Å².